The SMILES string of the molecule is CCN(C(=O)c1cccc(S(=O)(=O)NCCOC)c1)c1cccc(C)c1. The molecule has 0 radical (unpaired) electrons. The highest BCUT2D eigenvalue weighted by atomic mass is 32.2. The molecule has 0 atom stereocenters. The van der Waals surface area contributed by atoms with Crippen molar-refractivity contribution < 1.29 is 17.9 Å². The van der Waals surface area contributed by atoms with Crippen molar-refractivity contribution in [1.29, 1.82) is 0 Å². The number of carbonyl (C=O) groups is 1. The van der Waals surface area contributed by atoms with E-state index in [1.54, 1.807) is 17.0 Å². The Morgan fingerprint density at radius 1 is 1.15 bits per heavy atom. The first kappa shape index (κ1) is 20.1. The van der Waals surface area contributed by atoms with Gasteiger partial charge in [-0.1, -0.05) is 18.2 Å². The number of benzene rings is 2. The topological polar surface area (TPSA) is 75.7 Å². The smallest absolute Gasteiger partial charge is 0.258 e. The number of hydrogen-bond donors (Lipinski definition) is 1. The maximum atomic E-state index is 12.9. The van der Waals surface area contributed by atoms with E-state index in [0.29, 0.717) is 12.1 Å². The molecule has 6 nitrogen and oxygen atoms in total. The molecular weight excluding hydrogens is 352 g/mol. The summed E-state index contributed by atoms with van der Waals surface area (Å²) in [7, 11) is -2.19. The first-order valence-corrected chi connectivity index (χ1v) is 9.84. The van der Waals surface area contributed by atoms with Gasteiger partial charge in [0, 0.05) is 31.5 Å². The van der Waals surface area contributed by atoms with E-state index >= 15 is 0 Å². The summed E-state index contributed by atoms with van der Waals surface area (Å²) >= 11 is 0. The van der Waals surface area contributed by atoms with Crippen molar-refractivity contribution in [1.82, 2.24) is 4.72 Å². The van der Waals surface area contributed by atoms with E-state index in [4.69, 9.17) is 4.74 Å². The number of rotatable bonds is 8. The molecule has 0 aliphatic rings. The molecule has 2 aromatic rings. The monoisotopic (exact) mass is 376 g/mol. The summed E-state index contributed by atoms with van der Waals surface area (Å²) in [5.74, 6) is -0.243. The van der Waals surface area contributed by atoms with Gasteiger partial charge in [-0.3, -0.25) is 4.79 Å². The maximum absolute atomic E-state index is 12.9. The maximum Gasteiger partial charge on any atom is 0.258 e. The minimum absolute atomic E-state index is 0.0553. The van der Waals surface area contributed by atoms with Crippen LogP contribution in [0.5, 0.6) is 0 Å². The van der Waals surface area contributed by atoms with Gasteiger partial charge in [-0.25, -0.2) is 13.1 Å². The average molecular weight is 376 g/mol. The molecule has 2 aromatic carbocycles. The van der Waals surface area contributed by atoms with Gasteiger partial charge >= 0.3 is 0 Å². The Morgan fingerprint density at radius 2 is 1.88 bits per heavy atom. The van der Waals surface area contributed by atoms with Crippen LogP contribution in [0.2, 0.25) is 0 Å². The van der Waals surface area contributed by atoms with Crippen LogP contribution in [0.3, 0.4) is 0 Å². The molecule has 1 N–H and O–H groups in total. The van der Waals surface area contributed by atoms with Crippen LogP contribution in [0, 0.1) is 6.92 Å². The number of amides is 1. The third kappa shape index (κ3) is 4.91. The summed E-state index contributed by atoms with van der Waals surface area (Å²) in [4.78, 5) is 14.6. The number of sulfonamides is 1. The van der Waals surface area contributed by atoms with Crippen LogP contribution in [0.4, 0.5) is 5.69 Å². The second-order valence-electron chi connectivity index (χ2n) is 5.81. The average Bonchev–Trinajstić information content (AvgIpc) is 2.62. The van der Waals surface area contributed by atoms with Gasteiger partial charge in [0.05, 0.1) is 11.5 Å². The number of ether oxygens (including phenoxy) is 1. The van der Waals surface area contributed by atoms with E-state index in [1.165, 1.54) is 19.2 Å². The lowest BCUT2D eigenvalue weighted by atomic mass is 10.1. The quantitative estimate of drug-likeness (QED) is 0.719. The van der Waals surface area contributed by atoms with Crippen molar-refractivity contribution in [3.63, 3.8) is 0 Å². The molecule has 26 heavy (non-hydrogen) atoms. The fraction of sp³-hybridized carbons (Fsp3) is 0.316. The van der Waals surface area contributed by atoms with Gasteiger partial charge in [0.25, 0.3) is 5.91 Å². The Morgan fingerprint density at radius 3 is 2.54 bits per heavy atom. The third-order valence-corrected chi connectivity index (χ3v) is 5.32. The summed E-state index contributed by atoms with van der Waals surface area (Å²) in [6, 6.07) is 13.7. The summed E-state index contributed by atoms with van der Waals surface area (Å²) in [5, 5.41) is 0. The molecule has 0 unspecified atom stereocenters. The molecule has 0 saturated heterocycles. The van der Waals surface area contributed by atoms with Gasteiger partial charge in [-0.05, 0) is 49.7 Å². The van der Waals surface area contributed by atoms with Crippen LogP contribution in [-0.4, -0.2) is 41.1 Å². The lowest BCUT2D eigenvalue weighted by molar-refractivity contribution is 0.0988. The number of nitrogens with zero attached hydrogens (tertiary/aromatic N) is 1. The largest absolute Gasteiger partial charge is 0.383 e. The molecule has 0 aliphatic carbocycles. The standard InChI is InChI=1S/C19H24N2O4S/c1-4-21(17-9-5-7-15(2)13-17)19(22)16-8-6-10-18(14-16)26(23,24)20-11-12-25-3/h5-10,13-14,20H,4,11-12H2,1-3H3. The van der Waals surface area contributed by atoms with Crippen molar-refractivity contribution in [2.75, 3.05) is 31.7 Å². The molecule has 0 spiro atoms. The number of carbonyl (C=O) groups excluding carboxylic acids is 1. The van der Waals surface area contributed by atoms with Crippen molar-refractivity contribution in [2.24, 2.45) is 0 Å². The van der Waals surface area contributed by atoms with E-state index in [9.17, 15) is 13.2 Å². The predicted molar refractivity (Wildman–Crippen MR) is 102 cm³/mol. The predicted octanol–water partition coefficient (Wildman–Crippen LogP) is 2.59. The molecule has 7 heteroatoms. The molecule has 1 amide bonds. The van der Waals surface area contributed by atoms with Crippen LogP contribution >= 0.6 is 0 Å². The Bertz CT molecular complexity index is 865. The Labute approximate surface area is 154 Å². The molecule has 0 fully saturated rings. The van der Waals surface area contributed by atoms with Crippen LogP contribution in [-0.2, 0) is 14.8 Å². The molecule has 2 rings (SSSR count). The van der Waals surface area contributed by atoms with Crippen molar-refractivity contribution >= 4 is 21.6 Å². The van der Waals surface area contributed by atoms with E-state index < -0.39 is 10.0 Å². The zero-order valence-corrected chi connectivity index (χ0v) is 16.0. The summed E-state index contributed by atoms with van der Waals surface area (Å²) in [6.07, 6.45) is 0. The first-order valence-electron chi connectivity index (χ1n) is 8.36. The van der Waals surface area contributed by atoms with Crippen LogP contribution in [0.1, 0.15) is 22.8 Å². The molecule has 140 valence electrons. The fourth-order valence-corrected chi connectivity index (χ4v) is 3.61. The van der Waals surface area contributed by atoms with Gasteiger partial charge < -0.3 is 9.64 Å². The Kier molecular flexibility index (Phi) is 6.90. The van der Waals surface area contributed by atoms with Gasteiger partial charge in [-0.15, -0.1) is 0 Å². The number of hydrogen-bond acceptors (Lipinski definition) is 4. The minimum atomic E-state index is -3.69. The number of nitrogens with one attached hydrogen (secondary N) is 1. The van der Waals surface area contributed by atoms with E-state index in [1.807, 2.05) is 38.1 Å². The highest BCUT2D eigenvalue weighted by Crippen LogP contribution is 2.20. The Hall–Kier alpha value is -2.22. The van der Waals surface area contributed by atoms with E-state index in [0.717, 1.165) is 11.3 Å². The summed E-state index contributed by atoms with van der Waals surface area (Å²) in [5.41, 5.74) is 2.15. The van der Waals surface area contributed by atoms with E-state index in [-0.39, 0.29) is 24.0 Å². The lowest BCUT2D eigenvalue weighted by Gasteiger charge is -2.22. The second kappa shape index (κ2) is 8.93. The normalized spacial score (nSPS) is 11.3. The zero-order valence-electron chi connectivity index (χ0n) is 15.2. The first-order chi connectivity index (χ1) is 12.4. The second-order valence-corrected chi connectivity index (χ2v) is 7.57. The fourth-order valence-electron chi connectivity index (χ4n) is 2.55. The molecule has 0 bridgehead atoms. The van der Waals surface area contributed by atoms with Crippen molar-refractivity contribution in [2.45, 2.75) is 18.7 Å². The zero-order chi connectivity index (χ0) is 19.2. The molecule has 0 aromatic heterocycles. The molecule has 0 saturated carbocycles. The lowest BCUT2D eigenvalue weighted by Crippen LogP contribution is -2.31. The number of methoxy groups -OCH3 is 1. The van der Waals surface area contributed by atoms with Gasteiger partial charge in [-0.2, -0.15) is 0 Å². The van der Waals surface area contributed by atoms with Gasteiger partial charge in [0.1, 0.15) is 0 Å². The van der Waals surface area contributed by atoms with Crippen LogP contribution in [0.15, 0.2) is 53.4 Å². The minimum Gasteiger partial charge on any atom is -0.383 e. The van der Waals surface area contributed by atoms with Crippen molar-refractivity contribution in [3.8, 4) is 0 Å². The van der Waals surface area contributed by atoms with Crippen LogP contribution in [0.25, 0.3) is 0 Å². The number of anilines is 1. The molecule has 0 heterocycles. The third-order valence-electron chi connectivity index (χ3n) is 3.86. The Balaban J connectivity index is 2.29. The number of aryl methyl sites for hydroxylation is 1. The van der Waals surface area contributed by atoms with Crippen LogP contribution < -0.4 is 9.62 Å². The molecular formula is C19H24N2O4S. The van der Waals surface area contributed by atoms with Gasteiger partial charge in [0.2, 0.25) is 10.0 Å². The molecule has 0 aliphatic heterocycles. The van der Waals surface area contributed by atoms with E-state index in [2.05, 4.69) is 4.72 Å². The summed E-state index contributed by atoms with van der Waals surface area (Å²) in [6.45, 7) is 4.76. The highest BCUT2D eigenvalue weighted by Gasteiger charge is 2.20. The highest BCUT2D eigenvalue weighted by molar-refractivity contribution is 7.89. The van der Waals surface area contributed by atoms with Crippen molar-refractivity contribution in [3.05, 3.63) is 59.7 Å². The summed E-state index contributed by atoms with van der Waals surface area (Å²) < 4.78 is 32.0. The van der Waals surface area contributed by atoms with Gasteiger partial charge in [0.15, 0.2) is 0 Å².